The highest BCUT2D eigenvalue weighted by Crippen LogP contribution is 2.27. The lowest BCUT2D eigenvalue weighted by molar-refractivity contribution is 0.389. The van der Waals surface area contributed by atoms with Crippen LogP contribution in [0.1, 0.15) is 12.6 Å². The average Bonchev–Trinajstić information content (AvgIpc) is 2.55. The van der Waals surface area contributed by atoms with Crippen molar-refractivity contribution < 1.29 is 0 Å². The van der Waals surface area contributed by atoms with Crippen molar-refractivity contribution in [2.75, 3.05) is 14.1 Å². The zero-order valence-corrected chi connectivity index (χ0v) is 10.8. The van der Waals surface area contributed by atoms with E-state index in [1.54, 1.807) is 0 Å². The maximum absolute atomic E-state index is 6.26. The SMILES string of the molecule is CCn1c(CN(C)C)cc2cccc(Cl)c21. The highest BCUT2D eigenvalue weighted by Gasteiger charge is 2.10. The Balaban J connectivity index is 2.62. The Morgan fingerprint density at radius 1 is 1.31 bits per heavy atom. The van der Waals surface area contributed by atoms with E-state index in [9.17, 15) is 0 Å². The van der Waals surface area contributed by atoms with Gasteiger partial charge in [-0.1, -0.05) is 23.7 Å². The monoisotopic (exact) mass is 236 g/mol. The van der Waals surface area contributed by atoms with Crippen LogP contribution < -0.4 is 0 Å². The second kappa shape index (κ2) is 4.48. The molecule has 1 aromatic heterocycles. The Morgan fingerprint density at radius 3 is 2.69 bits per heavy atom. The fourth-order valence-corrected chi connectivity index (χ4v) is 2.43. The molecule has 86 valence electrons. The lowest BCUT2D eigenvalue weighted by atomic mass is 10.2. The Kier molecular flexibility index (Phi) is 3.22. The van der Waals surface area contributed by atoms with Crippen molar-refractivity contribution in [1.29, 1.82) is 0 Å². The van der Waals surface area contributed by atoms with Crippen molar-refractivity contribution in [2.24, 2.45) is 0 Å². The Hall–Kier alpha value is -0.990. The summed E-state index contributed by atoms with van der Waals surface area (Å²) in [7, 11) is 4.17. The van der Waals surface area contributed by atoms with E-state index in [4.69, 9.17) is 11.6 Å². The fourth-order valence-electron chi connectivity index (χ4n) is 2.15. The minimum atomic E-state index is 0.837. The summed E-state index contributed by atoms with van der Waals surface area (Å²) >= 11 is 6.26. The largest absolute Gasteiger partial charge is 0.342 e. The van der Waals surface area contributed by atoms with E-state index in [1.807, 2.05) is 12.1 Å². The van der Waals surface area contributed by atoms with Crippen LogP contribution in [0.2, 0.25) is 5.02 Å². The van der Waals surface area contributed by atoms with E-state index in [0.29, 0.717) is 0 Å². The van der Waals surface area contributed by atoms with Crippen LogP contribution in [0.3, 0.4) is 0 Å². The minimum Gasteiger partial charge on any atom is -0.342 e. The van der Waals surface area contributed by atoms with Crippen LogP contribution in [0.25, 0.3) is 10.9 Å². The third-order valence-electron chi connectivity index (χ3n) is 2.75. The standard InChI is InChI=1S/C13H17ClN2/c1-4-16-11(9-15(2)3)8-10-6-5-7-12(14)13(10)16/h5-8H,4,9H2,1-3H3. The van der Waals surface area contributed by atoms with Crippen molar-refractivity contribution in [3.63, 3.8) is 0 Å². The van der Waals surface area contributed by atoms with E-state index < -0.39 is 0 Å². The van der Waals surface area contributed by atoms with Crippen LogP contribution in [0.15, 0.2) is 24.3 Å². The molecule has 16 heavy (non-hydrogen) atoms. The molecule has 2 rings (SSSR count). The van der Waals surface area contributed by atoms with Gasteiger partial charge in [0, 0.05) is 24.2 Å². The predicted octanol–water partition coefficient (Wildman–Crippen LogP) is 3.38. The fraction of sp³-hybridized carbons (Fsp3) is 0.385. The quantitative estimate of drug-likeness (QED) is 0.793. The Bertz CT molecular complexity index is 500. The van der Waals surface area contributed by atoms with Crippen molar-refractivity contribution in [3.8, 4) is 0 Å². The molecule has 2 nitrogen and oxygen atoms in total. The van der Waals surface area contributed by atoms with E-state index in [2.05, 4.69) is 42.6 Å². The third-order valence-corrected chi connectivity index (χ3v) is 3.06. The number of hydrogen-bond acceptors (Lipinski definition) is 1. The molecule has 0 atom stereocenters. The maximum atomic E-state index is 6.26. The van der Waals surface area contributed by atoms with Crippen LogP contribution in [-0.4, -0.2) is 23.6 Å². The predicted molar refractivity (Wildman–Crippen MR) is 70.0 cm³/mol. The van der Waals surface area contributed by atoms with Crippen molar-refractivity contribution in [1.82, 2.24) is 9.47 Å². The number of benzene rings is 1. The minimum absolute atomic E-state index is 0.837. The summed E-state index contributed by atoms with van der Waals surface area (Å²) in [6.45, 7) is 4.05. The van der Waals surface area contributed by atoms with Gasteiger partial charge in [0.25, 0.3) is 0 Å². The molecule has 0 aliphatic rings. The maximum Gasteiger partial charge on any atom is 0.0672 e. The molecule has 1 heterocycles. The van der Waals surface area contributed by atoms with Gasteiger partial charge in [-0.25, -0.2) is 0 Å². The summed E-state index contributed by atoms with van der Waals surface area (Å²) in [5.41, 5.74) is 2.47. The first-order chi connectivity index (χ1) is 7.63. The van der Waals surface area contributed by atoms with Crippen LogP contribution in [0.5, 0.6) is 0 Å². The van der Waals surface area contributed by atoms with Crippen LogP contribution in [-0.2, 0) is 13.1 Å². The molecule has 1 aromatic carbocycles. The van der Waals surface area contributed by atoms with Gasteiger partial charge in [-0.05, 0) is 33.2 Å². The van der Waals surface area contributed by atoms with Crippen molar-refractivity contribution in [2.45, 2.75) is 20.0 Å². The van der Waals surface area contributed by atoms with Gasteiger partial charge in [0.2, 0.25) is 0 Å². The van der Waals surface area contributed by atoms with Gasteiger partial charge in [-0.15, -0.1) is 0 Å². The third kappa shape index (κ3) is 1.95. The first kappa shape index (κ1) is 11.5. The lowest BCUT2D eigenvalue weighted by Gasteiger charge is -2.13. The van der Waals surface area contributed by atoms with Gasteiger partial charge < -0.3 is 9.47 Å². The number of para-hydroxylation sites is 1. The van der Waals surface area contributed by atoms with Gasteiger partial charge in [0.1, 0.15) is 0 Å². The van der Waals surface area contributed by atoms with Gasteiger partial charge >= 0.3 is 0 Å². The molecular weight excluding hydrogens is 220 g/mol. The smallest absolute Gasteiger partial charge is 0.0672 e. The van der Waals surface area contributed by atoms with E-state index in [0.717, 1.165) is 23.6 Å². The second-order valence-corrected chi connectivity index (χ2v) is 4.70. The second-order valence-electron chi connectivity index (χ2n) is 4.30. The number of fused-ring (bicyclic) bond motifs is 1. The summed E-state index contributed by atoms with van der Waals surface area (Å²) in [5.74, 6) is 0. The zero-order valence-electron chi connectivity index (χ0n) is 10.00. The number of rotatable bonds is 3. The first-order valence-electron chi connectivity index (χ1n) is 5.55. The molecule has 0 N–H and O–H groups in total. The first-order valence-corrected chi connectivity index (χ1v) is 5.92. The highest BCUT2D eigenvalue weighted by atomic mass is 35.5. The van der Waals surface area contributed by atoms with E-state index in [1.165, 1.54) is 11.1 Å². The Morgan fingerprint density at radius 2 is 2.06 bits per heavy atom. The average molecular weight is 237 g/mol. The molecule has 0 spiro atoms. The molecule has 0 saturated carbocycles. The van der Waals surface area contributed by atoms with Crippen LogP contribution in [0.4, 0.5) is 0 Å². The summed E-state index contributed by atoms with van der Waals surface area (Å²) in [6, 6.07) is 8.30. The number of aryl methyl sites for hydroxylation is 1. The van der Waals surface area contributed by atoms with E-state index in [-0.39, 0.29) is 0 Å². The zero-order chi connectivity index (χ0) is 11.7. The summed E-state index contributed by atoms with van der Waals surface area (Å²) in [6.07, 6.45) is 0. The molecular formula is C13H17ClN2. The Labute approximate surface area is 101 Å². The molecule has 0 saturated heterocycles. The van der Waals surface area contributed by atoms with Gasteiger partial charge in [0.15, 0.2) is 0 Å². The molecule has 2 aromatic rings. The lowest BCUT2D eigenvalue weighted by Crippen LogP contribution is -2.14. The van der Waals surface area contributed by atoms with Gasteiger partial charge in [-0.2, -0.15) is 0 Å². The number of nitrogens with zero attached hydrogens (tertiary/aromatic N) is 2. The van der Waals surface area contributed by atoms with E-state index >= 15 is 0 Å². The number of aromatic nitrogens is 1. The van der Waals surface area contributed by atoms with Gasteiger partial charge in [0.05, 0.1) is 10.5 Å². The summed E-state index contributed by atoms with van der Waals surface area (Å²) in [4.78, 5) is 2.17. The number of hydrogen-bond donors (Lipinski definition) is 0. The molecule has 0 amide bonds. The molecule has 0 unspecified atom stereocenters. The normalized spacial score (nSPS) is 11.6. The summed E-state index contributed by atoms with van der Waals surface area (Å²) in [5, 5.41) is 2.07. The molecule has 0 fully saturated rings. The topological polar surface area (TPSA) is 8.17 Å². The highest BCUT2D eigenvalue weighted by molar-refractivity contribution is 6.35. The van der Waals surface area contributed by atoms with Crippen LogP contribution >= 0.6 is 11.6 Å². The summed E-state index contributed by atoms with van der Waals surface area (Å²) < 4.78 is 2.29. The number of halogens is 1. The van der Waals surface area contributed by atoms with Gasteiger partial charge in [-0.3, -0.25) is 0 Å². The molecule has 0 bridgehead atoms. The van der Waals surface area contributed by atoms with Crippen molar-refractivity contribution >= 4 is 22.5 Å². The molecule has 0 aliphatic heterocycles. The van der Waals surface area contributed by atoms with Crippen molar-refractivity contribution in [3.05, 3.63) is 35.0 Å². The molecule has 3 heteroatoms. The molecule has 0 radical (unpaired) electrons. The molecule has 0 aliphatic carbocycles. The van der Waals surface area contributed by atoms with Crippen LogP contribution in [0, 0.1) is 0 Å².